The molecule has 0 aromatic heterocycles. The van der Waals surface area contributed by atoms with Gasteiger partial charge in [-0.3, -0.25) is 0 Å². The van der Waals surface area contributed by atoms with E-state index in [2.05, 4.69) is 5.32 Å². The molecule has 1 aromatic rings. The Hall–Kier alpha value is -0.760. The highest BCUT2D eigenvalue weighted by Gasteiger charge is 2.31. The highest BCUT2D eigenvalue weighted by Crippen LogP contribution is 2.23. The van der Waals surface area contributed by atoms with Crippen molar-refractivity contribution >= 4 is 22.4 Å². The Balaban J connectivity index is 0.00000200. The van der Waals surface area contributed by atoms with Gasteiger partial charge >= 0.3 is 0 Å². The van der Waals surface area contributed by atoms with Crippen LogP contribution in [0.3, 0.4) is 0 Å². The standard InChI is InChI=1S/C12H16F2N2O2S.ClH/c1-16(10-4-6-15-7-5-10)19(17,18)12-8-9(13)2-3-11(12)14;/h2-3,8,10,15H,4-7H2,1H3;1H. The molecule has 1 heterocycles. The van der Waals surface area contributed by atoms with Crippen LogP contribution < -0.4 is 5.32 Å². The number of rotatable bonds is 3. The third-order valence-electron chi connectivity index (χ3n) is 3.37. The van der Waals surface area contributed by atoms with Crippen LogP contribution in [-0.2, 0) is 10.0 Å². The number of hydrogen-bond acceptors (Lipinski definition) is 3. The molecule has 4 nitrogen and oxygen atoms in total. The number of halogens is 3. The van der Waals surface area contributed by atoms with Crippen LogP contribution in [0.5, 0.6) is 0 Å². The summed E-state index contributed by atoms with van der Waals surface area (Å²) in [6, 6.07) is 2.27. The lowest BCUT2D eigenvalue weighted by Crippen LogP contribution is -2.44. The SMILES string of the molecule is CN(C1CCNCC1)S(=O)(=O)c1cc(F)ccc1F.Cl. The molecule has 114 valence electrons. The number of nitrogens with zero attached hydrogens (tertiary/aromatic N) is 1. The fourth-order valence-electron chi connectivity index (χ4n) is 2.20. The summed E-state index contributed by atoms with van der Waals surface area (Å²) in [6.45, 7) is 1.44. The van der Waals surface area contributed by atoms with Crippen LogP contribution in [-0.4, -0.2) is 38.9 Å². The Labute approximate surface area is 123 Å². The molecule has 0 aliphatic carbocycles. The van der Waals surface area contributed by atoms with Gasteiger partial charge in [0.25, 0.3) is 0 Å². The summed E-state index contributed by atoms with van der Waals surface area (Å²) < 4.78 is 52.5. The zero-order valence-corrected chi connectivity index (χ0v) is 12.6. The largest absolute Gasteiger partial charge is 0.317 e. The van der Waals surface area contributed by atoms with Crippen molar-refractivity contribution < 1.29 is 17.2 Å². The van der Waals surface area contributed by atoms with Gasteiger partial charge in [-0.25, -0.2) is 17.2 Å². The average Bonchev–Trinajstić information content (AvgIpc) is 2.41. The van der Waals surface area contributed by atoms with Crippen LogP contribution in [0, 0.1) is 11.6 Å². The molecule has 20 heavy (non-hydrogen) atoms. The summed E-state index contributed by atoms with van der Waals surface area (Å²) >= 11 is 0. The summed E-state index contributed by atoms with van der Waals surface area (Å²) in [6.07, 6.45) is 1.32. The van der Waals surface area contributed by atoms with E-state index in [4.69, 9.17) is 0 Å². The average molecular weight is 327 g/mol. The van der Waals surface area contributed by atoms with Crippen molar-refractivity contribution in [3.63, 3.8) is 0 Å². The smallest absolute Gasteiger partial charge is 0.246 e. The van der Waals surface area contributed by atoms with Gasteiger partial charge in [-0.2, -0.15) is 4.31 Å². The highest BCUT2D eigenvalue weighted by molar-refractivity contribution is 7.89. The van der Waals surface area contributed by atoms with Crippen molar-refractivity contribution in [3.8, 4) is 0 Å². The van der Waals surface area contributed by atoms with Crippen LogP contribution in [0.1, 0.15) is 12.8 Å². The molecule has 1 saturated heterocycles. The van der Waals surface area contributed by atoms with Gasteiger partial charge in [-0.05, 0) is 44.1 Å². The Morgan fingerprint density at radius 3 is 2.45 bits per heavy atom. The van der Waals surface area contributed by atoms with E-state index in [0.29, 0.717) is 12.8 Å². The molecule has 1 fully saturated rings. The Morgan fingerprint density at radius 2 is 1.85 bits per heavy atom. The van der Waals surface area contributed by atoms with Crippen LogP contribution in [0.25, 0.3) is 0 Å². The quantitative estimate of drug-likeness (QED) is 0.921. The van der Waals surface area contributed by atoms with Gasteiger partial charge in [0.05, 0.1) is 0 Å². The number of piperidine rings is 1. The molecular weight excluding hydrogens is 310 g/mol. The van der Waals surface area contributed by atoms with Gasteiger partial charge in [0.2, 0.25) is 10.0 Å². The molecule has 0 amide bonds. The van der Waals surface area contributed by atoms with Crippen molar-refractivity contribution in [2.24, 2.45) is 0 Å². The van der Waals surface area contributed by atoms with Gasteiger partial charge in [0.1, 0.15) is 16.5 Å². The van der Waals surface area contributed by atoms with Crippen LogP contribution in [0.4, 0.5) is 8.78 Å². The minimum absolute atomic E-state index is 0. The van der Waals surface area contributed by atoms with Crippen molar-refractivity contribution in [2.75, 3.05) is 20.1 Å². The zero-order valence-electron chi connectivity index (χ0n) is 11.0. The maximum atomic E-state index is 13.6. The maximum Gasteiger partial charge on any atom is 0.246 e. The summed E-state index contributed by atoms with van der Waals surface area (Å²) in [5.74, 6) is -1.69. The second-order valence-corrected chi connectivity index (χ2v) is 6.54. The molecule has 1 N–H and O–H groups in total. The Morgan fingerprint density at radius 1 is 1.25 bits per heavy atom. The predicted molar refractivity (Wildman–Crippen MR) is 74.4 cm³/mol. The molecule has 0 bridgehead atoms. The molecule has 1 aliphatic heterocycles. The molecule has 0 atom stereocenters. The van der Waals surface area contributed by atoms with Gasteiger partial charge in [0, 0.05) is 13.1 Å². The van der Waals surface area contributed by atoms with E-state index in [-0.39, 0.29) is 18.4 Å². The Kier molecular flexibility index (Phi) is 5.88. The van der Waals surface area contributed by atoms with Gasteiger partial charge < -0.3 is 5.32 Å². The fourth-order valence-corrected chi connectivity index (χ4v) is 3.69. The van der Waals surface area contributed by atoms with Gasteiger partial charge in [-0.1, -0.05) is 0 Å². The summed E-state index contributed by atoms with van der Waals surface area (Å²) in [7, 11) is -2.59. The molecule has 1 aromatic carbocycles. The van der Waals surface area contributed by atoms with Crippen molar-refractivity contribution in [1.29, 1.82) is 0 Å². The molecular formula is C12H17ClF2N2O2S. The van der Waals surface area contributed by atoms with E-state index in [0.717, 1.165) is 35.6 Å². The topological polar surface area (TPSA) is 49.4 Å². The third-order valence-corrected chi connectivity index (χ3v) is 5.30. The molecule has 1 aliphatic rings. The van der Waals surface area contributed by atoms with E-state index >= 15 is 0 Å². The number of nitrogens with one attached hydrogen (secondary N) is 1. The predicted octanol–water partition coefficient (Wildman–Crippen LogP) is 1.76. The van der Waals surface area contributed by atoms with Gasteiger partial charge in [0.15, 0.2) is 0 Å². The normalized spacial score (nSPS) is 17.0. The van der Waals surface area contributed by atoms with Crippen molar-refractivity contribution in [3.05, 3.63) is 29.8 Å². The number of hydrogen-bond donors (Lipinski definition) is 1. The van der Waals surface area contributed by atoms with Crippen molar-refractivity contribution in [2.45, 2.75) is 23.8 Å². The summed E-state index contributed by atoms with van der Waals surface area (Å²) in [4.78, 5) is -0.603. The first-order chi connectivity index (χ1) is 8.93. The summed E-state index contributed by atoms with van der Waals surface area (Å²) in [5, 5.41) is 3.13. The van der Waals surface area contributed by atoms with E-state index in [1.54, 1.807) is 0 Å². The molecule has 2 rings (SSSR count). The first-order valence-electron chi connectivity index (χ1n) is 6.07. The molecule has 0 unspecified atom stereocenters. The van der Waals surface area contributed by atoms with E-state index in [1.807, 2.05) is 0 Å². The monoisotopic (exact) mass is 326 g/mol. The second-order valence-electron chi connectivity index (χ2n) is 4.58. The minimum atomic E-state index is -4.00. The summed E-state index contributed by atoms with van der Waals surface area (Å²) in [5.41, 5.74) is 0. The van der Waals surface area contributed by atoms with Crippen LogP contribution in [0.15, 0.2) is 23.1 Å². The van der Waals surface area contributed by atoms with Crippen LogP contribution in [0.2, 0.25) is 0 Å². The van der Waals surface area contributed by atoms with Crippen molar-refractivity contribution in [1.82, 2.24) is 9.62 Å². The van der Waals surface area contributed by atoms with Crippen LogP contribution >= 0.6 is 12.4 Å². The number of sulfonamides is 1. The first-order valence-corrected chi connectivity index (χ1v) is 7.51. The zero-order chi connectivity index (χ0) is 14.0. The fraction of sp³-hybridized carbons (Fsp3) is 0.500. The minimum Gasteiger partial charge on any atom is -0.317 e. The highest BCUT2D eigenvalue weighted by atomic mass is 35.5. The molecule has 0 saturated carbocycles. The van der Waals surface area contributed by atoms with Gasteiger partial charge in [-0.15, -0.1) is 12.4 Å². The van der Waals surface area contributed by atoms with E-state index in [9.17, 15) is 17.2 Å². The lowest BCUT2D eigenvalue weighted by atomic mass is 10.1. The van der Waals surface area contributed by atoms with E-state index < -0.39 is 26.6 Å². The Bertz CT molecular complexity index is 563. The lowest BCUT2D eigenvalue weighted by molar-refractivity contribution is 0.295. The molecule has 0 spiro atoms. The molecule has 0 radical (unpaired) electrons. The number of benzene rings is 1. The first kappa shape index (κ1) is 17.3. The lowest BCUT2D eigenvalue weighted by Gasteiger charge is -2.30. The maximum absolute atomic E-state index is 13.6. The molecule has 8 heteroatoms. The third kappa shape index (κ3) is 3.46. The van der Waals surface area contributed by atoms with E-state index in [1.165, 1.54) is 7.05 Å². The second kappa shape index (κ2) is 6.80.